The van der Waals surface area contributed by atoms with Crippen LogP contribution in [0.3, 0.4) is 0 Å². The molecule has 4 heteroatoms. The van der Waals surface area contributed by atoms with Crippen molar-refractivity contribution in [2.75, 3.05) is 13.1 Å². The van der Waals surface area contributed by atoms with Gasteiger partial charge < -0.3 is 0 Å². The fourth-order valence-electron chi connectivity index (χ4n) is 3.55. The fraction of sp³-hybridized carbons (Fsp3) is 0.263. The molecule has 23 heavy (non-hydrogen) atoms. The first-order chi connectivity index (χ1) is 11.2. The van der Waals surface area contributed by atoms with Gasteiger partial charge in [-0.3, -0.25) is 19.4 Å². The summed E-state index contributed by atoms with van der Waals surface area (Å²) in [6.07, 6.45) is 0.846. The van der Waals surface area contributed by atoms with Crippen LogP contribution < -0.4 is 0 Å². The molecular formula is C19H18N2O2. The van der Waals surface area contributed by atoms with Crippen molar-refractivity contribution in [2.24, 2.45) is 0 Å². The minimum absolute atomic E-state index is 0.0221. The highest BCUT2D eigenvalue weighted by molar-refractivity contribution is 6.21. The first kappa shape index (κ1) is 14.2. The Kier molecular flexibility index (Phi) is 3.46. The normalized spacial score (nSPS) is 21.0. The Hall–Kier alpha value is -2.46. The molecule has 1 saturated heterocycles. The van der Waals surface area contributed by atoms with E-state index in [0.717, 1.165) is 26.1 Å². The van der Waals surface area contributed by atoms with Crippen LogP contribution in [-0.2, 0) is 6.54 Å². The van der Waals surface area contributed by atoms with Gasteiger partial charge in [-0.05, 0) is 24.1 Å². The fourth-order valence-corrected chi connectivity index (χ4v) is 3.55. The molecule has 1 fully saturated rings. The molecule has 1 unspecified atom stereocenters. The van der Waals surface area contributed by atoms with Crippen LogP contribution in [0.1, 0.15) is 32.7 Å². The predicted octanol–water partition coefficient (Wildman–Crippen LogP) is 2.56. The van der Waals surface area contributed by atoms with Crippen LogP contribution in [0.25, 0.3) is 0 Å². The molecule has 2 aliphatic rings. The molecule has 2 aromatic rings. The van der Waals surface area contributed by atoms with Crippen molar-refractivity contribution < 1.29 is 9.59 Å². The van der Waals surface area contributed by atoms with Crippen LogP contribution in [0.15, 0.2) is 54.6 Å². The molecule has 0 aromatic heterocycles. The Balaban J connectivity index is 1.49. The topological polar surface area (TPSA) is 40.6 Å². The molecule has 0 spiro atoms. The third-order valence-electron chi connectivity index (χ3n) is 4.69. The Morgan fingerprint density at radius 3 is 2.13 bits per heavy atom. The van der Waals surface area contributed by atoms with Gasteiger partial charge in [0, 0.05) is 19.6 Å². The molecule has 116 valence electrons. The number of rotatable bonds is 3. The summed E-state index contributed by atoms with van der Waals surface area (Å²) in [5.74, 6) is -0.283. The lowest BCUT2D eigenvalue weighted by Gasteiger charge is -2.22. The summed E-state index contributed by atoms with van der Waals surface area (Å²) < 4.78 is 0. The number of hydrogen-bond acceptors (Lipinski definition) is 3. The quantitative estimate of drug-likeness (QED) is 0.818. The van der Waals surface area contributed by atoms with E-state index >= 15 is 0 Å². The summed E-state index contributed by atoms with van der Waals surface area (Å²) in [5, 5.41) is 0. The van der Waals surface area contributed by atoms with Crippen molar-refractivity contribution in [2.45, 2.75) is 19.0 Å². The number of fused-ring (bicyclic) bond motifs is 1. The van der Waals surface area contributed by atoms with Gasteiger partial charge in [-0.25, -0.2) is 0 Å². The van der Waals surface area contributed by atoms with E-state index in [4.69, 9.17) is 0 Å². The Bertz CT molecular complexity index is 722. The SMILES string of the molecule is O=C1c2ccccc2C(=O)N1C1CCN(Cc2ccccc2)C1. The summed E-state index contributed by atoms with van der Waals surface area (Å²) in [7, 11) is 0. The molecule has 0 radical (unpaired) electrons. The second kappa shape index (κ2) is 5.63. The number of carbonyl (C=O) groups is 2. The lowest BCUT2D eigenvalue weighted by atomic mass is 10.1. The van der Waals surface area contributed by atoms with Gasteiger partial charge in [-0.1, -0.05) is 42.5 Å². The van der Waals surface area contributed by atoms with Gasteiger partial charge in [0.05, 0.1) is 17.2 Å². The van der Waals surface area contributed by atoms with Gasteiger partial charge in [-0.15, -0.1) is 0 Å². The van der Waals surface area contributed by atoms with Crippen LogP contribution >= 0.6 is 0 Å². The molecule has 0 bridgehead atoms. The van der Waals surface area contributed by atoms with Crippen LogP contribution in [-0.4, -0.2) is 40.7 Å². The minimum Gasteiger partial charge on any atom is -0.297 e. The molecule has 2 heterocycles. The van der Waals surface area contributed by atoms with Gasteiger partial charge in [0.1, 0.15) is 0 Å². The van der Waals surface area contributed by atoms with E-state index in [-0.39, 0.29) is 17.9 Å². The first-order valence-corrected chi connectivity index (χ1v) is 7.97. The van der Waals surface area contributed by atoms with Crippen molar-refractivity contribution >= 4 is 11.8 Å². The lowest BCUT2D eigenvalue weighted by Crippen LogP contribution is -2.41. The van der Waals surface area contributed by atoms with E-state index in [1.165, 1.54) is 10.5 Å². The van der Waals surface area contributed by atoms with E-state index in [0.29, 0.717) is 11.1 Å². The molecule has 0 N–H and O–H groups in total. The third-order valence-corrected chi connectivity index (χ3v) is 4.69. The number of carbonyl (C=O) groups excluding carboxylic acids is 2. The van der Waals surface area contributed by atoms with Crippen molar-refractivity contribution in [3.8, 4) is 0 Å². The van der Waals surface area contributed by atoms with E-state index in [9.17, 15) is 9.59 Å². The standard InChI is InChI=1S/C19H18N2O2/c22-18-16-8-4-5-9-17(16)19(23)21(18)15-10-11-20(13-15)12-14-6-2-1-3-7-14/h1-9,15H,10-13H2. The summed E-state index contributed by atoms with van der Waals surface area (Å²) in [5.41, 5.74) is 2.34. The molecule has 0 aliphatic carbocycles. The largest absolute Gasteiger partial charge is 0.297 e. The molecule has 2 aromatic carbocycles. The number of imide groups is 1. The number of benzene rings is 2. The molecular weight excluding hydrogens is 288 g/mol. The molecule has 2 aliphatic heterocycles. The van der Waals surface area contributed by atoms with E-state index < -0.39 is 0 Å². The van der Waals surface area contributed by atoms with Crippen molar-refractivity contribution in [1.29, 1.82) is 0 Å². The highest BCUT2D eigenvalue weighted by Gasteiger charge is 2.41. The van der Waals surface area contributed by atoms with Gasteiger partial charge in [0.2, 0.25) is 0 Å². The van der Waals surface area contributed by atoms with Crippen LogP contribution in [0.2, 0.25) is 0 Å². The first-order valence-electron chi connectivity index (χ1n) is 7.97. The Labute approximate surface area is 135 Å². The van der Waals surface area contributed by atoms with E-state index in [1.807, 2.05) is 30.3 Å². The predicted molar refractivity (Wildman–Crippen MR) is 87.1 cm³/mol. The monoisotopic (exact) mass is 306 g/mol. The van der Waals surface area contributed by atoms with Crippen molar-refractivity contribution in [3.05, 3.63) is 71.3 Å². The van der Waals surface area contributed by atoms with Crippen molar-refractivity contribution in [3.63, 3.8) is 0 Å². The van der Waals surface area contributed by atoms with E-state index in [1.54, 1.807) is 12.1 Å². The summed E-state index contributed by atoms with van der Waals surface area (Å²) in [6.45, 7) is 2.52. The Morgan fingerprint density at radius 2 is 1.48 bits per heavy atom. The number of nitrogens with zero attached hydrogens (tertiary/aromatic N) is 2. The second-order valence-corrected chi connectivity index (χ2v) is 6.19. The molecule has 4 nitrogen and oxygen atoms in total. The zero-order valence-corrected chi connectivity index (χ0v) is 12.8. The molecule has 2 amide bonds. The number of amides is 2. The summed E-state index contributed by atoms with van der Waals surface area (Å²) in [4.78, 5) is 28.9. The van der Waals surface area contributed by atoms with Gasteiger partial charge in [0.15, 0.2) is 0 Å². The Morgan fingerprint density at radius 1 is 0.870 bits per heavy atom. The highest BCUT2D eigenvalue weighted by atomic mass is 16.2. The summed E-state index contributed by atoms with van der Waals surface area (Å²) >= 11 is 0. The minimum atomic E-state index is -0.142. The molecule has 1 atom stereocenters. The second-order valence-electron chi connectivity index (χ2n) is 6.19. The van der Waals surface area contributed by atoms with Crippen LogP contribution in [0.5, 0.6) is 0 Å². The number of hydrogen-bond donors (Lipinski definition) is 0. The maximum Gasteiger partial charge on any atom is 0.261 e. The zero-order valence-electron chi connectivity index (χ0n) is 12.8. The zero-order chi connectivity index (χ0) is 15.8. The van der Waals surface area contributed by atoms with Crippen LogP contribution in [0.4, 0.5) is 0 Å². The maximum absolute atomic E-state index is 12.5. The highest BCUT2D eigenvalue weighted by Crippen LogP contribution is 2.28. The van der Waals surface area contributed by atoms with Gasteiger partial charge in [-0.2, -0.15) is 0 Å². The lowest BCUT2D eigenvalue weighted by molar-refractivity contribution is 0.0588. The molecule has 4 rings (SSSR count). The van der Waals surface area contributed by atoms with Crippen LogP contribution in [0, 0.1) is 0 Å². The maximum atomic E-state index is 12.5. The summed E-state index contributed by atoms with van der Waals surface area (Å²) in [6, 6.07) is 17.4. The van der Waals surface area contributed by atoms with Gasteiger partial charge in [0.25, 0.3) is 11.8 Å². The molecule has 0 saturated carbocycles. The third kappa shape index (κ3) is 2.45. The van der Waals surface area contributed by atoms with Crippen molar-refractivity contribution in [1.82, 2.24) is 9.80 Å². The average Bonchev–Trinajstić information content (AvgIpc) is 3.12. The van der Waals surface area contributed by atoms with E-state index in [2.05, 4.69) is 17.0 Å². The number of likely N-dealkylation sites (tertiary alicyclic amines) is 1. The van der Waals surface area contributed by atoms with Gasteiger partial charge >= 0.3 is 0 Å². The average molecular weight is 306 g/mol. The smallest absolute Gasteiger partial charge is 0.261 e.